The lowest BCUT2D eigenvalue weighted by atomic mass is 10.1. The van der Waals surface area contributed by atoms with Gasteiger partial charge in [0.25, 0.3) is 0 Å². The summed E-state index contributed by atoms with van der Waals surface area (Å²) in [5.41, 5.74) is 4.20. The van der Waals surface area contributed by atoms with Crippen molar-refractivity contribution in [3.63, 3.8) is 0 Å². The first-order valence-corrected chi connectivity index (χ1v) is 5.61. The van der Waals surface area contributed by atoms with Crippen molar-refractivity contribution >= 4 is 45.2 Å². The first-order valence-electron chi connectivity index (χ1n) is 3.46. The van der Waals surface area contributed by atoms with E-state index in [0.717, 1.165) is 0 Å². The first kappa shape index (κ1) is 9.77. The smallest absolute Gasteiger partial charge is 0.0298 e. The monoisotopic (exact) mass is 372 g/mol. The van der Waals surface area contributed by atoms with E-state index in [0.29, 0.717) is 0 Å². The van der Waals surface area contributed by atoms with Crippen LogP contribution in [0.25, 0.3) is 0 Å². The molecule has 0 aliphatic carbocycles. The Morgan fingerprint density at radius 1 is 0.909 bits per heavy atom. The molecule has 0 bridgehead atoms. The van der Waals surface area contributed by atoms with Gasteiger partial charge in [0.2, 0.25) is 0 Å². The van der Waals surface area contributed by atoms with Gasteiger partial charge in [0.05, 0.1) is 0 Å². The molecule has 1 aromatic carbocycles. The molecule has 0 unspecified atom stereocenters. The van der Waals surface area contributed by atoms with Crippen LogP contribution in [0.2, 0.25) is 0 Å². The van der Waals surface area contributed by atoms with E-state index in [1.807, 2.05) is 0 Å². The third-order valence-electron chi connectivity index (χ3n) is 1.89. The molecule has 0 atom stereocenters. The third-order valence-corrected chi connectivity index (χ3v) is 5.66. The minimum absolute atomic E-state index is 1.39. The van der Waals surface area contributed by atoms with E-state index in [9.17, 15) is 0 Å². The van der Waals surface area contributed by atoms with Gasteiger partial charge in [-0.25, -0.2) is 0 Å². The standard InChI is InChI=1S/C9H10I2/c1-5-4-6(2)8(10)9(11)7(5)3/h4H,1-3H3. The SMILES string of the molecule is Cc1cc(C)c(I)c(I)c1C. The van der Waals surface area contributed by atoms with Gasteiger partial charge in [0.15, 0.2) is 0 Å². The molecular formula is C9H10I2. The maximum absolute atomic E-state index is 2.41. The molecule has 1 rings (SSSR count). The zero-order valence-electron chi connectivity index (χ0n) is 6.83. The second kappa shape index (κ2) is 3.60. The second-order valence-electron chi connectivity index (χ2n) is 2.76. The molecule has 1 aromatic rings. The molecule has 0 aromatic heterocycles. The summed E-state index contributed by atoms with van der Waals surface area (Å²) in [5.74, 6) is 0. The van der Waals surface area contributed by atoms with Crippen molar-refractivity contribution < 1.29 is 0 Å². The predicted molar refractivity (Wildman–Crippen MR) is 66.1 cm³/mol. The molecule has 11 heavy (non-hydrogen) atoms. The molecule has 0 aliphatic rings. The fourth-order valence-electron chi connectivity index (χ4n) is 1.01. The molecule has 0 fully saturated rings. The Labute approximate surface area is 95.0 Å². The lowest BCUT2D eigenvalue weighted by Crippen LogP contribution is -1.93. The molecular weight excluding hydrogens is 362 g/mol. The topological polar surface area (TPSA) is 0 Å². The molecule has 0 aliphatic heterocycles. The van der Waals surface area contributed by atoms with Crippen molar-refractivity contribution in [1.82, 2.24) is 0 Å². The van der Waals surface area contributed by atoms with E-state index >= 15 is 0 Å². The van der Waals surface area contributed by atoms with Crippen LogP contribution in [-0.4, -0.2) is 0 Å². The number of hydrogen-bond acceptors (Lipinski definition) is 0. The molecule has 0 spiro atoms. The van der Waals surface area contributed by atoms with Crippen LogP contribution in [0.4, 0.5) is 0 Å². The summed E-state index contributed by atoms with van der Waals surface area (Å²) in [6.07, 6.45) is 0. The lowest BCUT2D eigenvalue weighted by Gasteiger charge is -2.07. The summed E-state index contributed by atoms with van der Waals surface area (Å²) in [7, 11) is 0. The van der Waals surface area contributed by atoms with Crippen LogP contribution in [0.1, 0.15) is 16.7 Å². The highest BCUT2D eigenvalue weighted by atomic mass is 127. The van der Waals surface area contributed by atoms with Gasteiger partial charge in [-0.3, -0.25) is 0 Å². The molecule has 60 valence electrons. The Kier molecular flexibility index (Phi) is 3.19. The maximum Gasteiger partial charge on any atom is 0.0298 e. The van der Waals surface area contributed by atoms with Crippen LogP contribution in [0.3, 0.4) is 0 Å². The van der Waals surface area contributed by atoms with Crippen molar-refractivity contribution in [2.75, 3.05) is 0 Å². The van der Waals surface area contributed by atoms with E-state index in [4.69, 9.17) is 0 Å². The predicted octanol–water partition coefficient (Wildman–Crippen LogP) is 3.82. The van der Waals surface area contributed by atoms with Crippen molar-refractivity contribution in [3.8, 4) is 0 Å². The van der Waals surface area contributed by atoms with E-state index in [1.165, 1.54) is 23.8 Å². The Morgan fingerprint density at radius 3 is 2.00 bits per heavy atom. The number of aryl methyl sites for hydroxylation is 2. The average Bonchev–Trinajstić information content (AvgIpc) is 1.97. The fraction of sp³-hybridized carbons (Fsp3) is 0.333. The fourth-order valence-corrected chi connectivity index (χ4v) is 2.42. The van der Waals surface area contributed by atoms with Crippen LogP contribution < -0.4 is 0 Å². The van der Waals surface area contributed by atoms with Crippen LogP contribution in [0, 0.1) is 27.9 Å². The zero-order valence-corrected chi connectivity index (χ0v) is 11.1. The van der Waals surface area contributed by atoms with Crippen LogP contribution in [-0.2, 0) is 0 Å². The van der Waals surface area contributed by atoms with Crippen molar-refractivity contribution in [2.24, 2.45) is 0 Å². The largest absolute Gasteiger partial charge is 0.0550 e. The first-order chi connectivity index (χ1) is 5.04. The van der Waals surface area contributed by atoms with Crippen LogP contribution in [0.5, 0.6) is 0 Å². The van der Waals surface area contributed by atoms with E-state index < -0.39 is 0 Å². The third kappa shape index (κ3) is 1.88. The van der Waals surface area contributed by atoms with Gasteiger partial charge in [-0.05, 0) is 82.6 Å². The summed E-state index contributed by atoms with van der Waals surface area (Å²) in [4.78, 5) is 0. The van der Waals surface area contributed by atoms with Gasteiger partial charge < -0.3 is 0 Å². The Balaban J connectivity index is 3.46. The number of benzene rings is 1. The highest BCUT2D eigenvalue weighted by Gasteiger charge is 2.05. The van der Waals surface area contributed by atoms with Gasteiger partial charge in [-0.1, -0.05) is 6.07 Å². The molecule has 0 heterocycles. The highest BCUT2D eigenvalue weighted by molar-refractivity contribution is 14.1. The quantitative estimate of drug-likeness (QED) is 0.608. The van der Waals surface area contributed by atoms with E-state index in [-0.39, 0.29) is 0 Å². The Morgan fingerprint density at radius 2 is 1.45 bits per heavy atom. The van der Waals surface area contributed by atoms with Gasteiger partial charge in [-0.15, -0.1) is 0 Å². The molecule has 0 saturated carbocycles. The summed E-state index contributed by atoms with van der Waals surface area (Å²) < 4.78 is 2.80. The van der Waals surface area contributed by atoms with Gasteiger partial charge in [0, 0.05) is 7.14 Å². The Hall–Kier alpha value is 0.680. The minimum Gasteiger partial charge on any atom is -0.0550 e. The highest BCUT2D eigenvalue weighted by Crippen LogP contribution is 2.24. The second-order valence-corrected chi connectivity index (χ2v) is 4.92. The molecule has 0 amide bonds. The normalized spacial score (nSPS) is 10.3. The van der Waals surface area contributed by atoms with Crippen LogP contribution in [0.15, 0.2) is 6.07 Å². The summed E-state index contributed by atoms with van der Waals surface area (Å²) in [5, 5.41) is 0. The molecule has 0 radical (unpaired) electrons. The maximum atomic E-state index is 2.41. The van der Waals surface area contributed by atoms with Crippen molar-refractivity contribution in [3.05, 3.63) is 29.9 Å². The zero-order chi connectivity index (χ0) is 8.59. The number of hydrogen-bond donors (Lipinski definition) is 0. The van der Waals surface area contributed by atoms with Gasteiger partial charge >= 0.3 is 0 Å². The molecule has 0 nitrogen and oxygen atoms in total. The average molecular weight is 372 g/mol. The van der Waals surface area contributed by atoms with E-state index in [2.05, 4.69) is 72.0 Å². The molecule has 0 N–H and O–H groups in total. The van der Waals surface area contributed by atoms with Crippen molar-refractivity contribution in [2.45, 2.75) is 20.8 Å². The summed E-state index contributed by atoms with van der Waals surface area (Å²) in [6.45, 7) is 6.51. The summed E-state index contributed by atoms with van der Waals surface area (Å²) in [6, 6.07) is 2.25. The molecule has 0 saturated heterocycles. The van der Waals surface area contributed by atoms with Gasteiger partial charge in [0.1, 0.15) is 0 Å². The van der Waals surface area contributed by atoms with Crippen molar-refractivity contribution in [1.29, 1.82) is 0 Å². The van der Waals surface area contributed by atoms with E-state index in [1.54, 1.807) is 0 Å². The number of rotatable bonds is 0. The van der Waals surface area contributed by atoms with Gasteiger partial charge in [-0.2, -0.15) is 0 Å². The summed E-state index contributed by atoms with van der Waals surface area (Å²) >= 11 is 4.82. The lowest BCUT2D eigenvalue weighted by molar-refractivity contribution is 1.25. The molecule has 2 heteroatoms. The number of halogens is 2. The minimum atomic E-state index is 1.39. The van der Waals surface area contributed by atoms with Crippen LogP contribution >= 0.6 is 45.2 Å². The Bertz CT molecular complexity index is 264.